The molecule has 0 unspecified atom stereocenters. The average Bonchev–Trinajstić information content (AvgIpc) is 3.54. The number of hydrogen-bond donors (Lipinski definition) is 0. The van der Waals surface area contributed by atoms with E-state index in [0.29, 0.717) is 0 Å². The van der Waals surface area contributed by atoms with Crippen LogP contribution < -0.4 is 29.1 Å². The molecule has 6 heteroatoms. The molecule has 13 rings (SSSR count). The van der Waals surface area contributed by atoms with Gasteiger partial charge in [0.25, 0.3) is 0 Å². The fraction of sp³-hybridized carbons (Fsp3) is 0.0462. The molecule has 340 valence electrons. The van der Waals surface area contributed by atoms with Crippen molar-refractivity contribution in [3.05, 3.63) is 265 Å². The third kappa shape index (κ3) is 6.94. The minimum Gasteiger partial charge on any atom is -0.451 e. The van der Waals surface area contributed by atoms with Crippen LogP contribution in [0.1, 0.15) is 36.1 Å². The van der Waals surface area contributed by atoms with Crippen LogP contribution in [0.25, 0.3) is 12.2 Å². The third-order valence-electron chi connectivity index (χ3n) is 14.0. The average molecular weight is 917 g/mol. The van der Waals surface area contributed by atoms with E-state index in [9.17, 15) is 0 Å². The molecule has 2 aliphatic heterocycles. The van der Waals surface area contributed by atoms with Gasteiger partial charge in [-0.05, 0) is 120 Å². The topological polar surface area (TPSA) is 31.4 Å². The predicted octanol–water partition coefficient (Wildman–Crippen LogP) is 18.6. The molecule has 0 N–H and O–H groups in total. The summed E-state index contributed by atoms with van der Waals surface area (Å²) in [4.78, 5) is 9.31. The number of ether oxygens (including phenoxy) is 2. The van der Waals surface area contributed by atoms with E-state index in [0.717, 1.165) is 114 Å². The van der Waals surface area contributed by atoms with Gasteiger partial charge in [0.15, 0.2) is 23.0 Å². The molecule has 0 saturated carbocycles. The maximum Gasteiger partial charge on any atom is 0.175 e. The summed E-state index contributed by atoms with van der Waals surface area (Å²) in [6, 6.07) is 85.2. The van der Waals surface area contributed by atoms with Crippen molar-refractivity contribution in [2.24, 2.45) is 0 Å². The van der Waals surface area contributed by atoms with Gasteiger partial charge in [0.1, 0.15) is 0 Å². The van der Waals surface area contributed by atoms with E-state index in [1.54, 1.807) is 0 Å². The van der Waals surface area contributed by atoms with E-state index >= 15 is 0 Å². The lowest BCUT2D eigenvalue weighted by Crippen LogP contribution is -2.26. The Bertz CT molecular complexity index is 3540. The van der Waals surface area contributed by atoms with Crippen LogP contribution in [0.15, 0.2) is 243 Å². The first-order chi connectivity index (χ1) is 35.0. The lowest BCUT2D eigenvalue weighted by molar-refractivity contribution is 0.457. The van der Waals surface area contributed by atoms with Gasteiger partial charge in [0, 0.05) is 50.7 Å². The standard InChI is InChI=1S/C65H48N4O2/c1-65(2)53-42-44-59-61(69(51-33-19-8-20-34-51)57-38-22-35-54(62(57)70-59)66(46-23-9-3-10-24-46)47-25-11-4-12-26-47)52(53)41-39-45-40-43-58-64(60(45)65)71-63-55(36-21-37-56(63)68(58)50-31-17-7-18-32-50)67(48-27-13-5-14-28-48)49-29-15-6-16-30-49/h3-44H,1-2H3. The fourth-order valence-corrected chi connectivity index (χ4v) is 10.8. The highest BCUT2D eigenvalue weighted by Gasteiger charge is 2.41. The van der Waals surface area contributed by atoms with Crippen molar-refractivity contribution >= 4 is 80.4 Å². The molecule has 6 nitrogen and oxygen atoms in total. The summed E-state index contributed by atoms with van der Waals surface area (Å²) in [5, 5.41) is 0. The van der Waals surface area contributed by atoms with Gasteiger partial charge in [-0.3, -0.25) is 0 Å². The Hall–Kier alpha value is -9.26. The number of hydrogen-bond acceptors (Lipinski definition) is 6. The summed E-state index contributed by atoms with van der Waals surface area (Å²) in [6.45, 7) is 4.67. The van der Waals surface area contributed by atoms with E-state index in [1.807, 2.05) is 0 Å². The van der Waals surface area contributed by atoms with E-state index in [1.165, 1.54) is 0 Å². The molecular formula is C65H48N4O2. The molecule has 0 bridgehead atoms. The van der Waals surface area contributed by atoms with Gasteiger partial charge in [-0.15, -0.1) is 0 Å². The zero-order chi connectivity index (χ0) is 47.5. The highest BCUT2D eigenvalue weighted by atomic mass is 16.5. The Balaban J connectivity index is 1.000. The van der Waals surface area contributed by atoms with Gasteiger partial charge in [0.2, 0.25) is 0 Å². The Labute approximate surface area is 414 Å². The molecule has 0 fully saturated rings. The lowest BCUT2D eigenvalue weighted by atomic mass is 9.74. The van der Waals surface area contributed by atoms with Gasteiger partial charge < -0.3 is 29.1 Å². The Kier molecular flexibility index (Phi) is 10.1. The summed E-state index contributed by atoms with van der Waals surface area (Å²) >= 11 is 0. The van der Waals surface area contributed by atoms with Crippen LogP contribution in [0.2, 0.25) is 0 Å². The molecule has 0 spiro atoms. The van der Waals surface area contributed by atoms with Crippen molar-refractivity contribution in [2.45, 2.75) is 19.3 Å². The minimum absolute atomic E-state index is 0.580. The number of benzene rings is 10. The first-order valence-corrected chi connectivity index (χ1v) is 24.2. The monoisotopic (exact) mass is 916 g/mol. The first kappa shape index (κ1) is 41.9. The van der Waals surface area contributed by atoms with Crippen molar-refractivity contribution in [2.75, 3.05) is 19.6 Å². The van der Waals surface area contributed by atoms with Crippen LogP contribution in [0, 0.1) is 0 Å². The summed E-state index contributed by atoms with van der Waals surface area (Å²) < 4.78 is 14.9. The molecule has 0 atom stereocenters. The number of fused-ring (bicyclic) bond motifs is 8. The van der Waals surface area contributed by atoms with Crippen molar-refractivity contribution in [1.82, 2.24) is 0 Å². The Morgan fingerprint density at radius 2 is 0.803 bits per heavy atom. The van der Waals surface area contributed by atoms with E-state index in [4.69, 9.17) is 9.47 Å². The fourth-order valence-electron chi connectivity index (χ4n) is 10.8. The summed E-state index contributed by atoms with van der Waals surface area (Å²) in [7, 11) is 0. The largest absolute Gasteiger partial charge is 0.451 e. The molecule has 3 aliphatic rings. The Morgan fingerprint density at radius 3 is 1.31 bits per heavy atom. The smallest absolute Gasteiger partial charge is 0.175 e. The third-order valence-corrected chi connectivity index (χ3v) is 14.0. The maximum absolute atomic E-state index is 7.59. The Morgan fingerprint density at radius 1 is 0.366 bits per heavy atom. The molecule has 0 aromatic heterocycles. The van der Waals surface area contributed by atoms with E-state index in [2.05, 4.69) is 288 Å². The molecule has 0 radical (unpaired) electrons. The van der Waals surface area contributed by atoms with Crippen molar-refractivity contribution in [3.8, 4) is 23.0 Å². The maximum atomic E-state index is 7.59. The lowest BCUT2D eigenvalue weighted by Gasteiger charge is -2.40. The molecule has 0 amide bonds. The molecule has 10 aromatic carbocycles. The SMILES string of the molecule is CC1(C)c2ccc3c(c2C=Cc2ccc4c(c21)Oc1c(N(c2ccccc2)c2ccccc2)cccc1N4c1ccccc1)N(c1ccccc1)c1cccc(N(c2ccccc2)c2ccccc2)c1O3. The molecule has 10 aromatic rings. The van der Waals surface area contributed by atoms with E-state index < -0.39 is 5.41 Å². The predicted molar refractivity (Wildman–Crippen MR) is 293 cm³/mol. The van der Waals surface area contributed by atoms with Crippen molar-refractivity contribution in [3.63, 3.8) is 0 Å². The number of rotatable bonds is 8. The van der Waals surface area contributed by atoms with Gasteiger partial charge >= 0.3 is 0 Å². The first-order valence-electron chi connectivity index (χ1n) is 24.2. The van der Waals surface area contributed by atoms with Gasteiger partial charge in [-0.25, -0.2) is 0 Å². The second-order valence-electron chi connectivity index (χ2n) is 18.5. The van der Waals surface area contributed by atoms with Crippen LogP contribution >= 0.6 is 0 Å². The second-order valence-corrected chi connectivity index (χ2v) is 18.5. The second kappa shape index (κ2) is 17.1. The molecule has 0 saturated heterocycles. The van der Waals surface area contributed by atoms with E-state index in [-0.39, 0.29) is 0 Å². The highest BCUT2D eigenvalue weighted by Crippen LogP contribution is 2.62. The number of anilines is 12. The summed E-state index contributed by atoms with van der Waals surface area (Å²) in [5.41, 5.74) is 15.8. The van der Waals surface area contributed by atoms with Gasteiger partial charge in [0.05, 0.1) is 34.1 Å². The van der Waals surface area contributed by atoms with Crippen molar-refractivity contribution in [1.29, 1.82) is 0 Å². The van der Waals surface area contributed by atoms with Crippen LogP contribution in [-0.4, -0.2) is 0 Å². The van der Waals surface area contributed by atoms with Crippen LogP contribution in [-0.2, 0) is 5.41 Å². The van der Waals surface area contributed by atoms with Crippen LogP contribution in [0.3, 0.4) is 0 Å². The summed E-state index contributed by atoms with van der Waals surface area (Å²) in [6.07, 6.45) is 4.55. The molecule has 71 heavy (non-hydrogen) atoms. The molecular weight excluding hydrogens is 869 g/mol. The quantitative estimate of drug-likeness (QED) is 0.151. The van der Waals surface area contributed by atoms with Crippen molar-refractivity contribution < 1.29 is 9.47 Å². The zero-order valence-corrected chi connectivity index (χ0v) is 39.4. The highest BCUT2D eigenvalue weighted by molar-refractivity contribution is 6.00. The van der Waals surface area contributed by atoms with Gasteiger partial charge in [-0.2, -0.15) is 0 Å². The number of para-hydroxylation sites is 8. The zero-order valence-electron chi connectivity index (χ0n) is 39.4. The van der Waals surface area contributed by atoms with Crippen LogP contribution in [0.5, 0.6) is 23.0 Å². The summed E-state index contributed by atoms with van der Waals surface area (Å²) in [5.74, 6) is 3.14. The number of nitrogens with zero attached hydrogens (tertiary/aromatic N) is 4. The molecule has 1 aliphatic carbocycles. The van der Waals surface area contributed by atoms with Gasteiger partial charge in [-0.1, -0.05) is 159 Å². The molecule has 2 heterocycles. The minimum atomic E-state index is -0.580. The normalized spacial score (nSPS) is 13.4. The van der Waals surface area contributed by atoms with Crippen LogP contribution in [0.4, 0.5) is 68.2 Å².